The van der Waals surface area contributed by atoms with Crippen LogP contribution in [0, 0.1) is 0 Å². The largest absolute Gasteiger partial charge is 0.496 e. The van der Waals surface area contributed by atoms with Gasteiger partial charge in [-0.25, -0.2) is 14.6 Å². The van der Waals surface area contributed by atoms with Gasteiger partial charge in [0.25, 0.3) is 0 Å². The van der Waals surface area contributed by atoms with Gasteiger partial charge in [-0.15, -0.1) is 0 Å². The van der Waals surface area contributed by atoms with Gasteiger partial charge in [0, 0.05) is 59.0 Å². The summed E-state index contributed by atoms with van der Waals surface area (Å²) in [6.07, 6.45) is 4.63. The number of rotatable bonds is 13. The zero-order chi connectivity index (χ0) is 33.1. The number of hydrogen-bond acceptors (Lipinski definition) is 10. The van der Waals surface area contributed by atoms with E-state index in [1.165, 1.54) is 7.11 Å². The Morgan fingerprint density at radius 2 is 1.79 bits per heavy atom. The lowest BCUT2D eigenvalue weighted by Gasteiger charge is -2.32. The summed E-state index contributed by atoms with van der Waals surface area (Å²) in [5, 5.41) is 40.4. The molecule has 0 unspecified atom stereocenters. The van der Waals surface area contributed by atoms with Crippen LogP contribution in [0.3, 0.4) is 0 Å². The standard InChI is InChI=1S/C34H35ClN6O6/c1-46-30-13-31(38-16-20(30)15-37-28(18-42)34(44)45)41-29-8-4-5-23(26(29)17-39-41)24-6-3-7-25(32(24)35)27-10-9-19(33(40-27)47-2)14-36-21-11-22(43)12-21/h3-10,13,16-17,21-22,28,36-37,42-43H,11-12,14-15,18H2,1-2H3,(H,44,45)/t21?,22?,28-/m1/s1. The van der Waals surface area contributed by atoms with E-state index in [9.17, 15) is 20.1 Å². The van der Waals surface area contributed by atoms with Crippen LogP contribution in [0.4, 0.5) is 0 Å². The molecule has 12 nitrogen and oxygen atoms in total. The lowest BCUT2D eigenvalue weighted by atomic mass is 9.89. The van der Waals surface area contributed by atoms with Gasteiger partial charge < -0.3 is 30.1 Å². The summed E-state index contributed by atoms with van der Waals surface area (Å²) in [6.45, 7) is 0.182. The third-order valence-electron chi connectivity index (χ3n) is 8.39. The number of nitrogens with zero attached hydrogens (tertiary/aromatic N) is 4. The Morgan fingerprint density at radius 3 is 2.51 bits per heavy atom. The van der Waals surface area contributed by atoms with Crippen LogP contribution in [0.5, 0.6) is 11.6 Å². The molecule has 3 aromatic heterocycles. The maximum Gasteiger partial charge on any atom is 0.323 e. The number of pyridine rings is 2. The number of ether oxygens (including phenoxy) is 2. The first-order valence-corrected chi connectivity index (χ1v) is 15.5. The fraction of sp³-hybridized carbons (Fsp3) is 0.294. The molecule has 13 heteroatoms. The lowest BCUT2D eigenvalue weighted by Crippen LogP contribution is -2.43. The Bertz CT molecular complexity index is 1910. The first kappa shape index (κ1) is 32.4. The van der Waals surface area contributed by atoms with E-state index in [0.29, 0.717) is 40.3 Å². The van der Waals surface area contributed by atoms with Crippen molar-refractivity contribution in [1.82, 2.24) is 30.4 Å². The van der Waals surface area contributed by atoms with Crippen molar-refractivity contribution in [3.63, 3.8) is 0 Å². The van der Waals surface area contributed by atoms with Gasteiger partial charge in [0.2, 0.25) is 5.88 Å². The van der Waals surface area contributed by atoms with E-state index in [1.54, 1.807) is 30.3 Å². The predicted molar refractivity (Wildman–Crippen MR) is 177 cm³/mol. The third-order valence-corrected chi connectivity index (χ3v) is 8.80. The number of carbonyl (C=O) groups is 1. The quantitative estimate of drug-likeness (QED) is 0.124. The maximum atomic E-state index is 11.3. The summed E-state index contributed by atoms with van der Waals surface area (Å²) < 4.78 is 12.9. The molecule has 0 saturated heterocycles. The summed E-state index contributed by atoms with van der Waals surface area (Å²) in [5.74, 6) is 0.365. The second kappa shape index (κ2) is 14.0. The minimum atomic E-state index is -1.15. The molecule has 47 heavy (non-hydrogen) atoms. The zero-order valence-corrected chi connectivity index (χ0v) is 26.6. The maximum absolute atomic E-state index is 11.3. The molecule has 3 heterocycles. The van der Waals surface area contributed by atoms with E-state index in [4.69, 9.17) is 26.1 Å². The van der Waals surface area contributed by atoms with E-state index >= 15 is 0 Å². The molecule has 0 aliphatic heterocycles. The summed E-state index contributed by atoms with van der Waals surface area (Å²) in [4.78, 5) is 20.6. The number of carboxylic acid groups (broad SMARTS) is 1. The molecule has 6 rings (SSSR count). The third kappa shape index (κ3) is 6.64. The molecule has 1 fully saturated rings. The first-order chi connectivity index (χ1) is 22.8. The molecule has 0 bridgehead atoms. The number of aliphatic carboxylic acids is 1. The normalized spacial score (nSPS) is 16.5. The van der Waals surface area contributed by atoms with Crippen LogP contribution in [0.15, 0.2) is 67.0 Å². The van der Waals surface area contributed by atoms with Gasteiger partial charge in [0.05, 0.1) is 49.4 Å². The van der Waals surface area contributed by atoms with Gasteiger partial charge in [0.15, 0.2) is 5.82 Å². The minimum Gasteiger partial charge on any atom is -0.496 e. The van der Waals surface area contributed by atoms with Gasteiger partial charge in [-0.1, -0.05) is 48.0 Å². The number of fused-ring (bicyclic) bond motifs is 1. The van der Waals surface area contributed by atoms with Gasteiger partial charge in [-0.2, -0.15) is 5.10 Å². The Morgan fingerprint density at radius 1 is 1.02 bits per heavy atom. The highest BCUT2D eigenvalue weighted by Crippen LogP contribution is 2.39. The van der Waals surface area contributed by atoms with Crippen molar-refractivity contribution in [3.05, 3.63) is 83.1 Å². The molecule has 2 aromatic carbocycles. The number of aliphatic hydroxyl groups is 2. The smallest absolute Gasteiger partial charge is 0.323 e. The number of aliphatic hydroxyl groups excluding tert-OH is 2. The molecule has 0 spiro atoms. The van der Waals surface area contributed by atoms with Crippen LogP contribution in [0.2, 0.25) is 5.02 Å². The van der Waals surface area contributed by atoms with E-state index in [2.05, 4.69) is 20.7 Å². The fourth-order valence-corrected chi connectivity index (χ4v) is 6.03. The molecule has 5 aromatic rings. The molecule has 1 atom stereocenters. The second-order valence-corrected chi connectivity index (χ2v) is 11.7. The summed E-state index contributed by atoms with van der Waals surface area (Å²) in [7, 11) is 3.12. The Labute approximate surface area is 276 Å². The van der Waals surface area contributed by atoms with E-state index in [0.717, 1.165) is 46.0 Å². The van der Waals surface area contributed by atoms with Gasteiger partial charge in [-0.05, 0) is 30.5 Å². The first-order valence-electron chi connectivity index (χ1n) is 15.1. The number of aromatic nitrogens is 4. The number of methoxy groups -OCH3 is 2. The second-order valence-electron chi connectivity index (χ2n) is 11.3. The number of hydrogen-bond donors (Lipinski definition) is 5. The van der Waals surface area contributed by atoms with Crippen LogP contribution in [-0.2, 0) is 17.9 Å². The summed E-state index contributed by atoms with van der Waals surface area (Å²) in [5.41, 5.74) is 5.48. The lowest BCUT2D eigenvalue weighted by molar-refractivity contribution is -0.140. The van der Waals surface area contributed by atoms with Gasteiger partial charge in [0.1, 0.15) is 11.8 Å². The van der Waals surface area contributed by atoms with Crippen molar-refractivity contribution in [3.8, 4) is 39.8 Å². The molecule has 1 aliphatic rings. The average Bonchev–Trinajstić information content (AvgIpc) is 3.51. The van der Waals surface area contributed by atoms with Crippen LogP contribution >= 0.6 is 11.6 Å². The molecular formula is C34H35ClN6O6. The SMILES string of the molecule is COc1cc(-n2ncc3c(-c4cccc(-c5ccc(CNC6CC(O)C6)c(OC)n5)c4Cl)cccc32)ncc1CN[C@H](CO)C(=O)O. The molecule has 1 saturated carbocycles. The Hall–Kier alpha value is -4.59. The van der Waals surface area contributed by atoms with Gasteiger partial charge in [-0.3, -0.25) is 10.1 Å². The highest BCUT2D eigenvalue weighted by molar-refractivity contribution is 6.36. The molecule has 244 valence electrons. The summed E-state index contributed by atoms with van der Waals surface area (Å²) >= 11 is 7.09. The number of carboxylic acids is 1. The highest BCUT2D eigenvalue weighted by atomic mass is 35.5. The number of halogens is 1. The van der Waals surface area contributed by atoms with Crippen LogP contribution in [0.25, 0.3) is 39.1 Å². The molecule has 0 amide bonds. The van der Waals surface area contributed by atoms with Crippen molar-refractivity contribution in [2.24, 2.45) is 0 Å². The molecule has 0 radical (unpaired) electrons. The average molecular weight is 659 g/mol. The Kier molecular flexibility index (Phi) is 9.66. The van der Waals surface area contributed by atoms with Crippen LogP contribution < -0.4 is 20.1 Å². The van der Waals surface area contributed by atoms with Crippen molar-refractivity contribution in [2.75, 3.05) is 20.8 Å². The Balaban J connectivity index is 1.29. The minimum absolute atomic E-state index is 0.138. The van der Waals surface area contributed by atoms with E-state index < -0.39 is 18.6 Å². The fourth-order valence-electron chi connectivity index (χ4n) is 5.70. The van der Waals surface area contributed by atoms with Crippen molar-refractivity contribution >= 4 is 28.5 Å². The van der Waals surface area contributed by atoms with Crippen molar-refractivity contribution < 1.29 is 29.6 Å². The topological polar surface area (TPSA) is 164 Å². The number of benzene rings is 2. The molecule has 1 aliphatic carbocycles. The summed E-state index contributed by atoms with van der Waals surface area (Å²) in [6, 6.07) is 16.5. The van der Waals surface area contributed by atoms with Crippen molar-refractivity contribution in [1.29, 1.82) is 0 Å². The van der Waals surface area contributed by atoms with E-state index in [1.807, 2.05) is 48.5 Å². The molecular weight excluding hydrogens is 624 g/mol. The predicted octanol–water partition coefficient (Wildman–Crippen LogP) is 3.97. The van der Waals surface area contributed by atoms with Crippen molar-refractivity contribution in [2.45, 2.75) is 44.1 Å². The monoisotopic (exact) mass is 658 g/mol. The zero-order valence-electron chi connectivity index (χ0n) is 25.9. The van der Waals surface area contributed by atoms with Gasteiger partial charge >= 0.3 is 5.97 Å². The van der Waals surface area contributed by atoms with Crippen LogP contribution in [-0.4, -0.2) is 80.1 Å². The van der Waals surface area contributed by atoms with Crippen LogP contribution in [0.1, 0.15) is 24.0 Å². The van der Waals surface area contributed by atoms with E-state index in [-0.39, 0.29) is 18.7 Å². The molecule has 5 N–H and O–H groups in total. The highest BCUT2D eigenvalue weighted by Gasteiger charge is 2.27. The number of nitrogens with one attached hydrogen (secondary N) is 2.